The average molecular weight is 343 g/mol. The highest BCUT2D eigenvalue weighted by atomic mass is 16.5. The van der Waals surface area contributed by atoms with Gasteiger partial charge in [0.05, 0.1) is 19.2 Å². The topological polar surface area (TPSA) is 89.4 Å². The fourth-order valence-electron chi connectivity index (χ4n) is 2.81. The lowest BCUT2D eigenvalue weighted by Crippen LogP contribution is -2.40. The number of benzene rings is 1. The Labute approximate surface area is 145 Å². The van der Waals surface area contributed by atoms with E-state index in [0.717, 1.165) is 6.42 Å². The highest BCUT2D eigenvalue weighted by molar-refractivity contribution is 5.97. The van der Waals surface area contributed by atoms with Crippen molar-refractivity contribution in [1.29, 1.82) is 0 Å². The number of para-hydroxylation sites is 1. The normalized spacial score (nSPS) is 13.3. The molecule has 8 nitrogen and oxygen atoms in total. The van der Waals surface area contributed by atoms with Crippen molar-refractivity contribution in [3.8, 4) is 5.75 Å². The number of amides is 2. The molecule has 0 atom stereocenters. The summed E-state index contributed by atoms with van der Waals surface area (Å²) in [4.78, 5) is 26.6. The van der Waals surface area contributed by atoms with Crippen molar-refractivity contribution in [2.75, 3.05) is 20.2 Å². The van der Waals surface area contributed by atoms with E-state index in [1.54, 1.807) is 34.8 Å². The summed E-state index contributed by atoms with van der Waals surface area (Å²) in [7, 11) is 1.54. The van der Waals surface area contributed by atoms with Crippen LogP contribution in [0.1, 0.15) is 40.1 Å². The molecule has 0 bridgehead atoms. The van der Waals surface area contributed by atoms with Gasteiger partial charge in [0, 0.05) is 19.6 Å². The quantitative estimate of drug-likeness (QED) is 0.877. The van der Waals surface area contributed by atoms with E-state index >= 15 is 0 Å². The predicted molar refractivity (Wildman–Crippen MR) is 90.4 cm³/mol. The molecule has 1 N–H and O–H groups in total. The summed E-state index contributed by atoms with van der Waals surface area (Å²) in [6, 6.07) is 7.13. The van der Waals surface area contributed by atoms with Crippen LogP contribution in [0, 0.1) is 0 Å². The zero-order valence-electron chi connectivity index (χ0n) is 14.4. The van der Waals surface area contributed by atoms with Gasteiger partial charge < -0.3 is 19.5 Å². The lowest BCUT2D eigenvalue weighted by Gasteiger charge is -2.28. The Morgan fingerprint density at radius 1 is 1.24 bits per heavy atom. The van der Waals surface area contributed by atoms with Gasteiger partial charge in [0.15, 0.2) is 5.82 Å². The maximum absolute atomic E-state index is 12.8. The highest BCUT2D eigenvalue weighted by Gasteiger charge is 2.28. The second-order valence-electron chi connectivity index (χ2n) is 5.77. The van der Waals surface area contributed by atoms with E-state index in [2.05, 4.69) is 15.5 Å². The smallest absolute Gasteiger partial charge is 0.289 e. The lowest BCUT2D eigenvalue weighted by atomic mass is 10.1. The molecular weight excluding hydrogens is 322 g/mol. The Morgan fingerprint density at radius 3 is 2.80 bits per heavy atom. The number of carbonyl (C=O) groups is 2. The number of hydrogen-bond donors (Lipinski definition) is 1. The molecule has 0 saturated carbocycles. The number of carbonyl (C=O) groups excluding carboxylic acids is 2. The molecule has 0 saturated heterocycles. The van der Waals surface area contributed by atoms with E-state index in [9.17, 15) is 9.59 Å². The van der Waals surface area contributed by atoms with Gasteiger partial charge in [-0.2, -0.15) is 0 Å². The van der Waals surface area contributed by atoms with Crippen LogP contribution in [0.15, 0.2) is 24.3 Å². The summed E-state index contributed by atoms with van der Waals surface area (Å²) in [5, 5.41) is 10.9. The van der Waals surface area contributed by atoms with Crippen LogP contribution in [0.3, 0.4) is 0 Å². The Hall–Kier alpha value is -2.90. The third kappa shape index (κ3) is 3.33. The zero-order chi connectivity index (χ0) is 17.8. The van der Waals surface area contributed by atoms with Gasteiger partial charge in [0.1, 0.15) is 5.75 Å². The zero-order valence-corrected chi connectivity index (χ0v) is 14.4. The van der Waals surface area contributed by atoms with E-state index in [0.29, 0.717) is 49.1 Å². The van der Waals surface area contributed by atoms with Crippen LogP contribution in [-0.2, 0) is 13.1 Å². The average Bonchev–Trinajstić information content (AvgIpc) is 3.08. The predicted octanol–water partition coefficient (Wildman–Crippen LogP) is 1.08. The van der Waals surface area contributed by atoms with Crippen molar-refractivity contribution in [2.45, 2.75) is 26.4 Å². The Balaban J connectivity index is 1.77. The minimum atomic E-state index is -0.231. The molecule has 1 aromatic carbocycles. The number of hydrogen-bond acceptors (Lipinski definition) is 5. The molecule has 8 heteroatoms. The Kier molecular flexibility index (Phi) is 4.97. The number of methoxy groups -OCH3 is 1. The van der Waals surface area contributed by atoms with Crippen LogP contribution < -0.4 is 10.1 Å². The molecule has 0 fully saturated rings. The van der Waals surface area contributed by atoms with E-state index in [1.807, 2.05) is 13.0 Å². The second kappa shape index (κ2) is 7.33. The first-order valence-corrected chi connectivity index (χ1v) is 8.28. The van der Waals surface area contributed by atoms with Crippen molar-refractivity contribution < 1.29 is 14.3 Å². The van der Waals surface area contributed by atoms with Crippen molar-refractivity contribution in [1.82, 2.24) is 25.0 Å². The summed E-state index contributed by atoms with van der Waals surface area (Å²) in [5.41, 5.74) is 0.513. The van der Waals surface area contributed by atoms with Gasteiger partial charge in [-0.05, 0) is 18.6 Å². The third-order valence-electron chi connectivity index (χ3n) is 4.12. The summed E-state index contributed by atoms with van der Waals surface area (Å²) in [6.45, 7) is 3.86. The fourth-order valence-corrected chi connectivity index (χ4v) is 2.81. The molecule has 1 aliphatic heterocycles. The molecule has 3 rings (SSSR count). The van der Waals surface area contributed by atoms with Crippen LogP contribution in [0.5, 0.6) is 5.75 Å². The molecule has 0 radical (unpaired) electrons. The molecule has 1 aliphatic rings. The summed E-state index contributed by atoms with van der Waals surface area (Å²) in [5.74, 6) is 1.09. The number of nitrogens with zero attached hydrogens (tertiary/aromatic N) is 4. The number of fused-ring (bicyclic) bond motifs is 1. The van der Waals surface area contributed by atoms with E-state index in [1.165, 1.54) is 0 Å². The van der Waals surface area contributed by atoms with Gasteiger partial charge in [0.25, 0.3) is 11.8 Å². The molecule has 25 heavy (non-hydrogen) atoms. The molecule has 2 amide bonds. The largest absolute Gasteiger partial charge is 0.496 e. The first-order valence-electron chi connectivity index (χ1n) is 8.28. The minimum Gasteiger partial charge on any atom is -0.496 e. The molecule has 1 aromatic heterocycles. The van der Waals surface area contributed by atoms with Gasteiger partial charge in [-0.15, -0.1) is 10.2 Å². The summed E-state index contributed by atoms with van der Waals surface area (Å²) >= 11 is 0. The van der Waals surface area contributed by atoms with Crippen LogP contribution >= 0.6 is 0 Å². The van der Waals surface area contributed by atoms with E-state index in [4.69, 9.17) is 4.74 Å². The van der Waals surface area contributed by atoms with Gasteiger partial charge in [-0.25, -0.2) is 0 Å². The number of rotatable bonds is 5. The molecule has 132 valence electrons. The lowest BCUT2D eigenvalue weighted by molar-refractivity contribution is 0.0702. The first kappa shape index (κ1) is 16.9. The third-order valence-corrected chi connectivity index (χ3v) is 4.12. The van der Waals surface area contributed by atoms with Gasteiger partial charge in [0.2, 0.25) is 5.82 Å². The maximum atomic E-state index is 12.8. The molecule has 2 aromatic rings. The van der Waals surface area contributed by atoms with Gasteiger partial charge >= 0.3 is 0 Å². The molecular formula is C17H21N5O3. The molecule has 0 unspecified atom stereocenters. The first-order chi connectivity index (χ1) is 12.2. The molecule has 0 aliphatic carbocycles. The number of aromatic nitrogens is 3. The maximum Gasteiger partial charge on any atom is 0.289 e. The van der Waals surface area contributed by atoms with Crippen LogP contribution in [0.4, 0.5) is 0 Å². The standard InChI is InChI=1S/C17H21N5O3/c1-3-8-18-16(23)15-20-19-14-11-21(9-10-22(14)15)17(24)12-6-4-5-7-13(12)25-2/h4-7H,3,8-11H2,1-2H3,(H,18,23). The van der Waals surface area contributed by atoms with Crippen LogP contribution in [0.2, 0.25) is 0 Å². The molecule has 2 heterocycles. The number of nitrogens with one attached hydrogen (secondary N) is 1. The Bertz CT molecular complexity index is 786. The van der Waals surface area contributed by atoms with Gasteiger partial charge in [-0.1, -0.05) is 19.1 Å². The second-order valence-corrected chi connectivity index (χ2v) is 5.77. The minimum absolute atomic E-state index is 0.122. The summed E-state index contributed by atoms with van der Waals surface area (Å²) in [6.07, 6.45) is 0.855. The monoisotopic (exact) mass is 343 g/mol. The Morgan fingerprint density at radius 2 is 2.04 bits per heavy atom. The SMILES string of the molecule is CCCNC(=O)c1nnc2n1CCN(C(=O)c1ccccc1OC)C2. The van der Waals surface area contributed by atoms with Crippen molar-refractivity contribution in [3.05, 3.63) is 41.5 Å². The number of ether oxygens (including phenoxy) is 1. The van der Waals surface area contributed by atoms with E-state index < -0.39 is 0 Å². The van der Waals surface area contributed by atoms with Crippen LogP contribution in [0.25, 0.3) is 0 Å². The van der Waals surface area contributed by atoms with Crippen molar-refractivity contribution in [2.24, 2.45) is 0 Å². The van der Waals surface area contributed by atoms with Gasteiger partial charge in [-0.3, -0.25) is 9.59 Å². The summed E-state index contributed by atoms with van der Waals surface area (Å²) < 4.78 is 7.04. The highest BCUT2D eigenvalue weighted by Crippen LogP contribution is 2.22. The van der Waals surface area contributed by atoms with Crippen molar-refractivity contribution >= 4 is 11.8 Å². The molecule has 0 spiro atoms. The van der Waals surface area contributed by atoms with Crippen LogP contribution in [-0.4, -0.2) is 51.7 Å². The van der Waals surface area contributed by atoms with Crippen molar-refractivity contribution in [3.63, 3.8) is 0 Å². The fraction of sp³-hybridized carbons (Fsp3) is 0.412. The van der Waals surface area contributed by atoms with E-state index in [-0.39, 0.29) is 11.8 Å².